The molecule has 1 fully saturated rings. The number of nitrogens with zero attached hydrogens (tertiary/aromatic N) is 1. The third-order valence-electron chi connectivity index (χ3n) is 5.69. The van der Waals surface area contributed by atoms with Crippen LogP contribution in [0.25, 0.3) is 6.08 Å². The van der Waals surface area contributed by atoms with E-state index in [1.165, 1.54) is 18.2 Å². The molecular formula is C24H26N2O2S. The van der Waals surface area contributed by atoms with Gasteiger partial charge in [-0.1, -0.05) is 74.0 Å². The third kappa shape index (κ3) is 4.56. The Labute approximate surface area is 176 Å². The van der Waals surface area contributed by atoms with Gasteiger partial charge in [0.15, 0.2) is 0 Å². The summed E-state index contributed by atoms with van der Waals surface area (Å²) in [5.74, 6) is 0.281. The van der Waals surface area contributed by atoms with Crippen LogP contribution >= 0.6 is 11.8 Å². The second-order valence-electron chi connectivity index (χ2n) is 7.82. The van der Waals surface area contributed by atoms with Crippen LogP contribution in [0.2, 0.25) is 0 Å². The Morgan fingerprint density at radius 2 is 1.83 bits per heavy atom. The molecule has 1 saturated carbocycles. The molecule has 1 aliphatic carbocycles. The van der Waals surface area contributed by atoms with Gasteiger partial charge >= 0.3 is 0 Å². The van der Waals surface area contributed by atoms with Crippen molar-refractivity contribution in [2.45, 2.75) is 43.5 Å². The quantitative estimate of drug-likeness (QED) is 0.738. The van der Waals surface area contributed by atoms with Gasteiger partial charge in [-0.25, -0.2) is 0 Å². The summed E-state index contributed by atoms with van der Waals surface area (Å²) >= 11 is 1.47. The van der Waals surface area contributed by atoms with E-state index in [0.717, 1.165) is 35.4 Å². The minimum absolute atomic E-state index is 0.0474. The van der Waals surface area contributed by atoms with E-state index >= 15 is 0 Å². The zero-order chi connectivity index (χ0) is 20.2. The molecule has 0 unspecified atom stereocenters. The largest absolute Gasteiger partial charge is 0.352 e. The van der Waals surface area contributed by atoms with Gasteiger partial charge in [0.25, 0.3) is 5.91 Å². The van der Waals surface area contributed by atoms with E-state index in [0.29, 0.717) is 10.8 Å². The Bertz CT molecular complexity index is 925. The number of carbonyl (C=O) groups is 2. The van der Waals surface area contributed by atoms with Crippen LogP contribution in [0.15, 0.2) is 64.4 Å². The maximum absolute atomic E-state index is 13.2. The molecule has 1 heterocycles. The van der Waals surface area contributed by atoms with Gasteiger partial charge in [0.05, 0.1) is 10.6 Å². The first-order valence-corrected chi connectivity index (χ1v) is 11.1. The molecule has 4 rings (SSSR count). The number of hydrogen-bond donors (Lipinski definition) is 1. The van der Waals surface area contributed by atoms with Gasteiger partial charge in [-0.15, -0.1) is 0 Å². The monoisotopic (exact) mass is 406 g/mol. The van der Waals surface area contributed by atoms with Gasteiger partial charge in [-0.2, -0.15) is 0 Å². The predicted octanol–water partition coefficient (Wildman–Crippen LogP) is 4.86. The second-order valence-corrected chi connectivity index (χ2v) is 8.90. The Morgan fingerprint density at radius 3 is 2.62 bits per heavy atom. The Hall–Kier alpha value is -2.53. The van der Waals surface area contributed by atoms with Crippen molar-refractivity contribution in [3.8, 4) is 0 Å². The molecule has 2 aromatic rings. The average molecular weight is 407 g/mol. The first-order chi connectivity index (χ1) is 14.1. The maximum Gasteiger partial charge on any atom is 0.265 e. The predicted molar refractivity (Wildman–Crippen MR) is 119 cm³/mol. The van der Waals surface area contributed by atoms with Crippen LogP contribution in [0.3, 0.4) is 0 Å². The summed E-state index contributed by atoms with van der Waals surface area (Å²) < 4.78 is 0. The highest BCUT2D eigenvalue weighted by Crippen LogP contribution is 2.41. The molecule has 2 amide bonds. The molecule has 2 aromatic carbocycles. The number of benzene rings is 2. The molecule has 29 heavy (non-hydrogen) atoms. The minimum Gasteiger partial charge on any atom is -0.352 e. The van der Waals surface area contributed by atoms with Crippen LogP contribution in [0, 0.1) is 5.92 Å². The minimum atomic E-state index is -0.121. The molecule has 0 spiro atoms. The summed E-state index contributed by atoms with van der Waals surface area (Å²) in [4.78, 5) is 29.3. The third-order valence-corrected chi connectivity index (χ3v) is 6.77. The fourth-order valence-corrected chi connectivity index (χ4v) is 5.11. The van der Waals surface area contributed by atoms with Crippen molar-refractivity contribution in [1.29, 1.82) is 0 Å². The number of rotatable bonds is 4. The highest BCUT2D eigenvalue weighted by Gasteiger charge is 2.31. The van der Waals surface area contributed by atoms with Crippen molar-refractivity contribution in [1.82, 2.24) is 5.32 Å². The first-order valence-electron chi connectivity index (χ1n) is 10.3. The Balaban J connectivity index is 1.56. The topological polar surface area (TPSA) is 49.4 Å². The summed E-state index contributed by atoms with van der Waals surface area (Å²) in [5.41, 5.74) is 1.78. The van der Waals surface area contributed by atoms with Crippen molar-refractivity contribution in [3.05, 3.63) is 65.1 Å². The van der Waals surface area contributed by atoms with E-state index in [4.69, 9.17) is 0 Å². The number of fused-ring (bicyclic) bond motifs is 1. The fraction of sp³-hybridized carbons (Fsp3) is 0.333. The van der Waals surface area contributed by atoms with Gasteiger partial charge in [0.1, 0.15) is 6.54 Å². The number of carbonyl (C=O) groups excluding carboxylic acids is 2. The van der Waals surface area contributed by atoms with Crippen LogP contribution in [-0.4, -0.2) is 24.4 Å². The molecule has 0 aromatic heterocycles. The smallest absolute Gasteiger partial charge is 0.265 e. The van der Waals surface area contributed by atoms with Gasteiger partial charge in [0, 0.05) is 10.9 Å². The van der Waals surface area contributed by atoms with Gasteiger partial charge < -0.3 is 5.32 Å². The lowest BCUT2D eigenvalue weighted by molar-refractivity contribution is -0.123. The van der Waals surface area contributed by atoms with Crippen molar-refractivity contribution in [2.75, 3.05) is 11.4 Å². The number of thioether (sulfide) groups is 1. The molecule has 0 bridgehead atoms. The number of anilines is 1. The normalized spacial score (nSPS) is 23.0. The Kier molecular flexibility index (Phi) is 6.05. The van der Waals surface area contributed by atoms with Crippen molar-refractivity contribution in [2.24, 2.45) is 5.92 Å². The highest BCUT2D eigenvalue weighted by atomic mass is 32.2. The van der Waals surface area contributed by atoms with E-state index in [9.17, 15) is 9.59 Å². The van der Waals surface area contributed by atoms with Crippen molar-refractivity contribution < 1.29 is 9.59 Å². The molecular weight excluding hydrogens is 380 g/mol. The molecule has 4 nitrogen and oxygen atoms in total. The standard InChI is InChI=1S/C24H26N2O2S/c1-17-9-5-6-12-19(17)25-23(27)16-26-20-13-7-8-14-21(20)29-22(24(26)28)15-18-10-3-2-4-11-18/h2-4,7-8,10-11,13-15,17,19H,5-6,9,12,16H2,1H3,(H,25,27)/b22-15-/t17-,19-/m1/s1. The van der Waals surface area contributed by atoms with Crippen LogP contribution < -0.4 is 10.2 Å². The molecule has 2 atom stereocenters. The Morgan fingerprint density at radius 1 is 1.10 bits per heavy atom. The number of nitrogens with one attached hydrogen (secondary N) is 1. The summed E-state index contributed by atoms with van der Waals surface area (Å²) in [7, 11) is 0. The maximum atomic E-state index is 13.2. The van der Waals surface area contributed by atoms with E-state index in [1.54, 1.807) is 4.90 Å². The lowest BCUT2D eigenvalue weighted by Gasteiger charge is -2.32. The lowest BCUT2D eigenvalue weighted by atomic mass is 9.86. The van der Waals surface area contributed by atoms with Gasteiger partial charge in [0.2, 0.25) is 5.91 Å². The fourth-order valence-electron chi connectivity index (χ4n) is 4.05. The SMILES string of the molecule is C[C@@H]1CCCC[C@H]1NC(=O)CN1C(=O)/C(=C/c2ccccc2)Sc2ccccc21. The second kappa shape index (κ2) is 8.87. The van der Waals surface area contributed by atoms with Crippen LogP contribution in [-0.2, 0) is 9.59 Å². The molecule has 150 valence electrons. The molecule has 2 aliphatic rings. The van der Waals surface area contributed by atoms with Crippen molar-refractivity contribution >= 4 is 35.3 Å². The van der Waals surface area contributed by atoms with E-state index in [2.05, 4.69) is 12.2 Å². The van der Waals surface area contributed by atoms with Crippen LogP contribution in [0.4, 0.5) is 5.69 Å². The number of amides is 2. The highest BCUT2D eigenvalue weighted by molar-refractivity contribution is 8.04. The van der Waals surface area contributed by atoms with Crippen molar-refractivity contribution in [3.63, 3.8) is 0 Å². The van der Waals surface area contributed by atoms with E-state index < -0.39 is 0 Å². The van der Waals surface area contributed by atoms with E-state index in [1.807, 2.05) is 60.7 Å². The van der Waals surface area contributed by atoms with Gasteiger partial charge in [-0.05, 0) is 42.5 Å². The molecule has 0 saturated heterocycles. The van der Waals surface area contributed by atoms with Crippen LogP contribution in [0.1, 0.15) is 38.2 Å². The average Bonchev–Trinajstić information content (AvgIpc) is 2.73. The molecule has 1 aliphatic heterocycles. The van der Waals surface area contributed by atoms with Gasteiger partial charge in [-0.3, -0.25) is 14.5 Å². The summed E-state index contributed by atoms with van der Waals surface area (Å²) in [6.45, 7) is 2.24. The zero-order valence-corrected chi connectivity index (χ0v) is 17.5. The number of hydrogen-bond acceptors (Lipinski definition) is 3. The lowest BCUT2D eigenvalue weighted by Crippen LogP contribution is -2.48. The zero-order valence-electron chi connectivity index (χ0n) is 16.6. The first kappa shape index (κ1) is 19.8. The molecule has 5 heteroatoms. The summed E-state index contributed by atoms with van der Waals surface area (Å²) in [5, 5.41) is 3.17. The molecule has 0 radical (unpaired) electrons. The summed E-state index contributed by atoms with van der Waals surface area (Å²) in [6.07, 6.45) is 6.46. The number of para-hydroxylation sites is 1. The summed E-state index contributed by atoms with van der Waals surface area (Å²) in [6, 6.07) is 17.8. The van der Waals surface area contributed by atoms with Crippen LogP contribution in [0.5, 0.6) is 0 Å². The molecule has 1 N–H and O–H groups in total. The van der Waals surface area contributed by atoms with E-state index in [-0.39, 0.29) is 24.4 Å².